The first-order valence-electron chi connectivity index (χ1n) is 8.95. The third kappa shape index (κ3) is 5.55. The molecular formula is C22H24N2OS. The smallest absolute Gasteiger partial charge is 0.233 e. The molecule has 2 aromatic carbocycles. The van der Waals surface area contributed by atoms with Crippen LogP contribution >= 0.6 is 11.3 Å². The van der Waals surface area contributed by atoms with E-state index >= 15 is 0 Å². The molecule has 0 bridgehead atoms. The normalized spacial score (nSPS) is 11.8. The van der Waals surface area contributed by atoms with Gasteiger partial charge in [0.2, 0.25) is 5.91 Å². The van der Waals surface area contributed by atoms with Gasteiger partial charge in [0, 0.05) is 11.4 Å². The molecule has 26 heavy (non-hydrogen) atoms. The van der Waals surface area contributed by atoms with E-state index in [0.29, 0.717) is 13.1 Å². The van der Waals surface area contributed by atoms with Crippen molar-refractivity contribution in [2.45, 2.75) is 18.9 Å². The molecule has 3 aromatic rings. The SMILES string of the molecule is O=C(CN[C@H](c1ccccc1)c1cccs1)NCCCc1ccccc1. The van der Waals surface area contributed by atoms with Crippen LogP contribution in [0, 0.1) is 0 Å². The van der Waals surface area contributed by atoms with E-state index in [2.05, 4.69) is 46.3 Å². The van der Waals surface area contributed by atoms with Crippen LogP contribution in [0.5, 0.6) is 0 Å². The van der Waals surface area contributed by atoms with Gasteiger partial charge in [0.05, 0.1) is 12.6 Å². The van der Waals surface area contributed by atoms with Gasteiger partial charge in [0.25, 0.3) is 0 Å². The Labute approximate surface area is 159 Å². The van der Waals surface area contributed by atoms with Crippen LogP contribution in [0.3, 0.4) is 0 Å². The molecule has 1 heterocycles. The zero-order chi connectivity index (χ0) is 18.0. The van der Waals surface area contributed by atoms with E-state index in [4.69, 9.17) is 0 Å². The summed E-state index contributed by atoms with van der Waals surface area (Å²) in [6.45, 7) is 1.01. The summed E-state index contributed by atoms with van der Waals surface area (Å²) in [5.74, 6) is 0.0375. The van der Waals surface area contributed by atoms with Crippen molar-refractivity contribution >= 4 is 17.2 Å². The van der Waals surface area contributed by atoms with Crippen LogP contribution in [0.1, 0.15) is 28.5 Å². The molecule has 0 aliphatic heterocycles. The highest BCUT2D eigenvalue weighted by Gasteiger charge is 2.15. The van der Waals surface area contributed by atoms with Crippen molar-refractivity contribution in [2.24, 2.45) is 0 Å². The summed E-state index contributed by atoms with van der Waals surface area (Å²) in [7, 11) is 0. The van der Waals surface area contributed by atoms with Crippen molar-refractivity contribution in [1.82, 2.24) is 10.6 Å². The van der Waals surface area contributed by atoms with Crippen molar-refractivity contribution in [2.75, 3.05) is 13.1 Å². The molecule has 4 heteroatoms. The van der Waals surface area contributed by atoms with Crippen LogP contribution in [0.4, 0.5) is 0 Å². The van der Waals surface area contributed by atoms with E-state index in [0.717, 1.165) is 12.8 Å². The standard InChI is InChI=1S/C22H24N2OS/c25-21(23-15-7-11-18-9-3-1-4-10-18)17-24-22(20-14-8-16-26-20)19-12-5-2-6-13-19/h1-6,8-10,12-14,16,22,24H,7,11,15,17H2,(H,23,25)/t22-/m1/s1. The molecule has 2 N–H and O–H groups in total. The quantitative estimate of drug-likeness (QED) is 0.559. The van der Waals surface area contributed by atoms with E-state index in [1.165, 1.54) is 16.0 Å². The summed E-state index contributed by atoms with van der Waals surface area (Å²) in [6, 6.07) is 24.8. The van der Waals surface area contributed by atoms with Gasteiger partial charge in [-0.05, 0) is 35.4 Å². The third-order valence-corrected chi connectivity index (χ3v) is 5.17. The number of hydrogen-bond donors (Lipinski definition) is 2. The Morgan fingerprint density at radius 3 is 2.35 bits per heavy atom. The number of aryl methyl sites for hydroxylation is 1. The van der Waals surface area contributed by atoms with E-state index < -0.39 is 0 Å². The van der Waals surface area contributed by atoms with Gasteiger partial charge in [0.1, 0.15) is 0 Å². The second kappa shape index (κ2) is 9.90. The van der Waals surface area contributed by atoms with Crippen molar-refractivity contribution in [1.29, 1.82) is 0 Å². The van der Waals surface area contributed by atoms with Gasteiger partial charge in [0.15, 0.2) is 0 Å². The Bertz CT molecular complexity index is 772. The van der Waals surface area contributed by atoms with Crippen LogP contribution in [-0.4, -0.2) is 19.0 Å². The minimum absolute atomic E-state index is 0.0375. The van der Waals surface area contributed by atoms with Crippen LogP contribution < -0.4 is 10.6 Å². The maximum atomic E-state index is 12.2. The summed E-state index contributed by atoms with van der Waals surface area (Å²) in [6.07, 6.45) is 1.93. The highest BCUT2D eigenvalue weighted by molar-refractivity contribution is 7.10. The Kier molecular flexibility index (Phi) is 6.99. The maximum Gasteiger partial charge on any atom is 0.233 e. The predicted molar refractivity (Wildman–Crippen MR) is 108 cm³/mol. The molecule has 1 aromatic heterocycles. The van der Waals surface area contributed by atoms with Crippen molar-refractivity contribution < 1.29 is 4.79 Å². The first-order chi connectivity index (χ1) is 12.8. The fraction of sp³-hybridized carbons (Fsp3) is 0.227. The van der Waals surface area contributed by atoms with E-state index in [-0.39, 0.29) is 11.9 Å². The Morgan fingerprint density at radius 2 is 1.65 bits per heavy atom. The monoisotopic (exact) mass is 364 g/mol. The summed E-state index contributed by atoms with van der Waals surface area (Å²) in [5.41, 5.74) is 2.48. The highest BCUT2D eigenvalue weighted by atomic mass is 32.1. The predicted octanol–water partition coefficient (Wildman–Crippen LogP) is 4.18. The fourth-order valence-electron chi connectivity index (χ4n) is 2.91. The number of thiophene rings is 1. The van der Waals surface area contributed by atoms with E-state index in [1.54, 1.807) is 11.3 Å². The molecule has 0 aliphatic rings. The largest absolute Gasteiger partial charge is 0.355 e. The van der Waals surface area contributed by atoms with Crippen LogP contribution in [0.15, 0.2) is 78.2 Å². The zero-order valence-electron chi connectivity index (χ0n) is 14.7. The lowest BCUT2D eigenvalue weighted by atomic mass is 10.1. The summed E-state index contributed by atoms with van der Waals surface area (Å²) in [4.78, 5) is 13.4. The number of carbonyl (C=O) groups is 1. The molecule has 0 fully saturated rings. The number of rotatable bonds is 9. The van der Waals surface area contributed by atoms with Crippen LogP contribution in [-0.2, 0) is 11.2 Å². The summed E-state index contributed by atoms with van der Waals surface area (Å²) in [5, 5.41) is 8.47. The Balaban J connectivity index is 1.46. The maximum absolute atomic E-state index is 12.2. The minimum atomic E-state index is 0.0375. The summed E-state index contributed by atoms with van der Waals surface area (Å²) < 4.78 is 0. The molecule has 1 atom stereocenters. The second-order valence-electron chi connectivity index (χ2n) is 6.18. The van der Waals surface area contributed by atoms with Gasteiger partial charge in [-0.2, -0.15) is 0 Å². The lowest BCUT2D eigenvalue weighted by molar-refractivity contribution is -0.120. The number of amides is 1. The summed E-state index contributed by atoms with van der Waals surface area (Å²) >= 11 is 1.70. The number of benzene rings is 2. The molecule has 3 rings (SSSR count). The molecule has 0 unspecified atom stereocenters. The Morgan fingerprint density at radius 1 is 0.923 bits per heavy atom. The first kappa shape index (κ1) is 18.4. The highest BCUT2D eigenvalue weighted by Crippen LogP contribution is 2.25. The lowest BCUT2D eigenvalue weighted by Crippen LogP contribution is -2.36. The number of hydrogen-bond acceptors (Lipinski definition) is 3. The first-order valence-corrected chi connectivity index (χ1v) is 9.83. The average Bonchev–Trinajstić information content (AvgIpc) is 3.22. The van der Waals surface area contributed by atoms with Crippen molar-refractivity contribution in [3.05, 3.63) is 94.2 Å². The fourth-order valence-corrected chi connectivity index (χ4v) is 3.73. The lowest BCUT2D eigenvalue weighted by Gasteiger charge is -2.18. The van der Waals surface area contributed by atoms with Gasteiger partial charge in [-0.1, -0.05) is 66.7 Å². The van der Waals surface area contributed by atoms with Gasteiger partial charge >= 0.3 is 0 Å². The second-order valence-corrected chi connectivity index (χ2v) is 7.16. The Hall–Kier alpha value is -2.43. The minimum Gasteiger partial charge on any atom is -0.355 e. The molecule has 0 aliphatic carbocycles. The van der Waals surface area contributed by atoms with Crippen LogP contribution in [0.2, 0.25) is 0 Å². The van der Waals surface area contributed by atoms with Crippen molar-refractivity contribution in [3.8, 4) is 0 Å². The molecule has 0 spiro atoms. The molecule has 3 nitrogen and oxygen atoms in total. The number of nitrogens with one attached hydrogen (secondary N) is 2. The molecule has 0 saturated heterocycles. The molecule has 0 saturated carbocycles. The van der Waals surface area contributed by atoms with E-state index in [1.807, 2.05) is 42.5 Å². The van der Waals surface area contributed by atoms with Crippen molar-refractivity contribution in [3.63, 3.8) is 0 Å². The van der Waals surface area contributed by atoms with Gasteiger partial charge in [-0.15, -0.1) is 11.3 Å². The average molecular weight is 365 g/mol. The molecule has 1 amide bonds. The van der Waals surface area contributed by atoms with Crippen LogP contribution in [0.25, 0.3) is 0 Å². The molecule has 0 radical (unpaired) electrons. The third-order valence-electron chi connectivity index (χ3n) is 4.23. The van der Waals surface area contributed by atoms with Gasteiger partial charge in [-0.25, -0.2) is 0 Å². The zero-order valence-corrected chi connectivity index (χ0v) is 15.5. The van der Waals surface area contributed by atoms with Gasteiger partial charge in [-0.3, -0.25) is 10.1 Å². The molecular weight excluding hydrogens is 340 g/mol. The topological polar surface area (TPSA) is 41.1 Å². The van der Waals surface area contributed by atoms with E-state index in [9.17, 15) is 4.79 Å². The number of carbonyl (C=O) groups excluding carboxylic acids is 1. The van der Waals surface area contributed by atoms with Gasteiger partial charge < -0.3 is 5.32 Å². The molecule has 134 valence electrons.